The average Bonchev–Trinajstić information content (AvgIpc) is 2.59. The molecule has 1 aromatic carbocycles. The number of H-pyrrole nitrogens is 1. The predicted molar refractivity (Wildman–Crippen MR) is 64.2 cm³/mol. The van der Waals surface area contributed by atoms with Crippen molar-refractivity contribution in [2.45, 2.75) is 13.3 Å². The first kappa shape index (κ1) is 11.6. The summed E-state index contributed by atoms with van der Waals surface area (Å²) in [6.45, 7) is 2.00. The Balaban J connectivity index is 2.43. The molecule has 0 aliphatic heterocycles. The number of aromatic amines is 1. The molecule has 0 aliphatic rings. The molecule has 2 rings (SSSR count). The quantitative estimate of drug-likeness (QED) is 0.854. The highest BCUT2D eigenvalue weighted by Crippen LogP contribution is 2.26. The first-order chi connectivity index (χ1) is 8.06. The highest BCUT2D eigenvalue weighted by molar-refractivity contribution is 7.15. The summed E-state index contributed by atoms with van der Waals surface area (Å²) in [7, 11) is 0. The normalized spacial score (nSPS) is 10.4. The lowest BCUT2D eigenvalue weighted by Gasteiger charge is -2.01. The van der Waals surface area contributed by atoms with Crippen molar-refractivity contribution in [3.05, 3.63) is 34.7 Å². The SMILES string of the molecule is Cc1ccc(-c2[nH+]c(N)sc2CC(=O)[O-])cc1. The van der Waals surface area contributed by atoms with Gasteiger partial charge in [-0.25, -0.2) is 4.98 Å². The maximum Gasteiger partial charge on any atom is 0.330 e. The molecule has 88 valence electrons. The van der Waals surface area contributed by atoms with Gasteiger partial charge in [-0.05, 0) is 6.92 Å². The van der Waals surface area contributed by atoms with Crippen LogP contribution in [0.2, 0.25) is 0 Å². The third kappa shape index (κ3) is 2.62. The number of nitrogen functional groups attached to an aromatic ring is 1. The van der Waals surface area contributed by atoms with Gasteiger partial charge < -0.3 is 9.90 Å². The number of nitrogens with two attached hydrogens (primary N) is 1. The average molecular weight is 248 g/mol. The smallest absolute Gasteiger partial charge is 0.330 e. The van der Waals surface area contributed by atoms with E-state index in [0.29, 0.717) is 10.0 Å². The highest BCUT2D eigenvalue weighted by atomic mass is 32.1. The van der Waals surface area contributed by atoms with E-state index in [-0.39, 0.29) is 6.42 Å². The first-order valence-electron chi connectivity index (χ1n) is 5.13. The zero-order chi connectivity index (χ0) is 12.4. The lowest BCUT2D eigenvalue weighted by Crippen LogP contribution is -2.24. The Morgan fingerprint density at radius 2 is 2.06 bits per heavy atom. The molecule has 0 amide bonds. The molecule has 0 aliphatic carbocycles. The van der Waals surface area contributed by atoms with Gasteiger partial charge in [-0.1, -0.05) is 41.2 Å². The molecule has 0 spiro atoms. The Morgan fingerprint density at radius 1 is 1.41 bits per heavy atom. The van der Waals surface area contributed by atoms with E-state index in [1.807, 2.05) is 31.2 Å². The summed E-state index contributed by atoms with van der Waals surface area (Å²) in [6, 6.07) is 7.82. The van der Waals surface area contributed by atoms with E-state index in [9.17, 15) is 9.90 Å². The summed E-state index contributed by atoms with van der Waals surface area (Å²) < 4.78 is 0. The summed E-state index contributed by atoms with van der Waals surface area (Å²) in [6.07, 6.45) is -0.123. The molecular weight excluding hydrogens is 236 g/mol. The Morgan fingerprint density at radius 3 is 2.65 bits per heavy atom. The number of aliphatic carboxylic acids is 1. The second kappa shape index (κ2) is 4.55. The van der Waals surface area contributed by atoms with Crippen molar-refractivity contribution in [3.8, 4) is 11.3 Å². The zero-order valence-corrected chi connectivity index (χ0v) is 10.1. The Bertz CT molecular complexity index is 546. The van der Waals surface area contributed by atoms with Crippen molar-refractivity contribution >= 4 is 22.4 Å². The van der Waals surface area contributed by atoms with Crippen LogP contribution in [0.1, 0.15) is 10.4 Å². The van der Waals surface area contributed by atoms with Gasteiger partial charge in [-0.2, -0.15) is 0 Å². The van der Waals surface area contributed by atoms with Gasteiger partial charge in [-0.3, -0.25) is 5.73 Å². The third-order valence-electron chi connectivity index (χ3n) is 2.41. The van der Waals surface area contributed by atoms with Crippen LogP contribution in [-0.4, -0.2) is 5.97 Å². The summed E-state index contributed by atoms with van der Waals surface area (Å²) >= 11 is 1.24. The van der Waals surface area contributed by atoms with Crippen LogP contribution in [0.15, 0.2) is 24.3 Å². The monoisotopic (exact) mass is 248 g/mol. The van der Waals surface area contributed by atoms with E-state index >= 15 is 0 Å². The second-order valence-electron chi connectivity index (χ2n) is 3.80. The number of hydrogen-bond acceptors (Lipinski definition) is 4. The van der Waals surface area contributed by atoms with Crippen molar-refractivity contribution < 1.29 is 14.9 Å². The molecule has 0 saturated heterocycles. The Hall–Kier alpha value is -1.88. The van der Waals surface area contributed by atoms with Crippen LogP contribution < -0.4 is 15.8 Å². The zero-order valence-electron chi connectivity index (χ0n) is 9.32. The molecule has 0 saturated carbocycles. The van der Waals surface area contributed by atoms with Gasteiger partial charge in [0.15, 0.2) is 0 Å². The van der Waals surface area contributed by atoms with Crippen molar-refractivity contribution in [1.82, 2.24) is 0 Å². The van der Waals surface area contributed by atoms with E-state index in [4.69, 9.17) is 5.73 Å². The molecule has 0 atom stereocenters. The van der Waals surface area contributed by atoms with Crippen LogP contribution in [0.4, 0.5) is 5.13 Å². The number of thiazole rings is 1. The van der Waals surface area contributed by atoms with Crippen molar-refractivity contribution in [1.29, 1.82) is 0 Å². The van der Waals surface area contributed by atoms with E-state index < -0.39 is 5.97 Å². The predicted octanol–water partition coefficient (Wildman–Crippen LogP) is 0.412. The minimum absolute atomic E-state index is 0.123. The van der Waals surface area contributed by atoms with Crippen LogP contribution in [0.3, 0.4) is 0 Å². The number of aromatic nitrogens is 1. The minimum atomic E-state index is -1.10. The number of nitrogens with one attached hydrogen (secondary N) is 1. The topological polar surface area (TPSA) is 80.3 Å². The first-order valence-corrected chi connectivity index (χ1v) is 5.95. The van der Waals surface area contributed by atoms with Gasteiger partial charge in [0.25, 0.3) is 0 Å². The standard InChI is InChI=1S/C12H12N2O2S/c1-7-2-4-8(5-3-7)11-9(6-10(15)16)17-12(13)14-11/h2-5H,6H2,1H3,(H2,13,14)(H,15,16). The molecule has 17 heavy (non-hydrogen) atoms. The van der Waals surface area contributed by atoms with E-state index in [1.165, 1.54) is 11.3 Å². The molecule has 0 bridgehead atoms. The number of aryl methyl sites for hydroxylation is 1. The number of benzene rings is 1. The van der Waals surface area contributed by atoms with Crippen LogP contribution >= 0.6 is 11.3 Å². The summed E-state index contributed by atoms with van der Waals surface area (Å²) in [5, 5.41) is 11.2. The molecule has 5 heteroatoms. The summed E-state index contributed by atoms with van der Waals surface area (Å²) in [4.78, 5) is 14.3. The fraction of sp³-hybridized carbons (Fsp3) is 0.167. The van der Waals surface area contributed by atoms with Gasteiger partial charge >= 0.3 is 5.13 Å². The molecule has 1 heterocycles. The van der Waals surface area contributed by atoms with Crippen molar-refractivity contribution in [2.24, 2.45) is 0 Å². The number of hydrogen-bond donors (Lipinski definition) is 1. The lowest BCUT2D eigenvalue weighted by atomic mass is 10.1. The third-order valence-corrected chi connectivity index (χ3v) is 3.32. The number of carbonyl (C=O) groups is 1. The van der Waals surface area contributed by atoms with Crippen molar-refractivity contribution in [2.75, 3.05) is 5.73 Å². The second-order valence-corrected chi connectivity index (χ2v) is 4.94. The Kier molecular flexibility index (Phi) is 3.10. The fourth-order valence-corrected chi connectivity index (χ4v) is 2.49. The Labute approximate surface area is 103 Å². The maximum absolute atomic E-state index is 10.7. The van der Waals surface area contributed by atoms with Gasteiger partial charge in [0, 0.05) is 18.0 Å². The number of carbonyl (C=O) groups excluding carboxylic acids is 1. The van der Waals surface area contributed by atoms with Gasteiger partial charge in [0.2, 0.25) is 0 Å². The molecular formula is C12H12N2O2S. The molecule has 0 fully saturated rings. The molecule has 3 N–H and O–H groups in total. The molecule has 0 unspecified atom stereocenters. The molecule has 0 radical (unpaired) electrons. The number of carboxylic acid groups (broad SMARTS) is 1. The largest absolute Gasteiger partial charge is 0.550 e. The van der Waals surface area contributed by atoms with Crippen molar-refractivity contribution in [3.63, 3.8) is 0 Å². The molecule has 4 nitrogen and oxygen atoms in total. The lowest BCUT2D eigenvalue weighted by molar-refractivity contribution is -0.341. The summed E-state index contributed by atoms with van der Waals surface area (Å²) in [5.74, 6) is -1.10. The van der Waals surface area contributed by atoms with E-state index in [0.717, 1.165) is 16.8 Å². The minimum Gasteiger partial charge on any atom is -0.550 e. The fourth-order valence-electron chi connectivity index (χ4n) is 1.61. The van der Waals surface area contributed by atoms with E-state index in [1.54, 1.807) is 0 Å². The molecule has 2 aromatic rings. The maximum atomic E-state index is 10.7. The van der Waals surface area contributed by atoms with Crippen LogP contribution in [-0.2, 0) is 11.2 Å². The van der Waals surface area contributed by atoms with Crippen LogP contribution in [0, 0.1) is 6.92 Å². The van der Waals surface area contributed by atoms with E-state index in [2.05, 4.69) is 4.98 Å². The molecule has 1 aromatic heterocycles. The van der Waals surface area contributed by atoms with Crippen LogP contribution in [0.25, 0.3) is 11.3 Å². The number of carboxylic acids is 1. The highest BCUT2D eigenvalue weighted by Gasteiger charge is 2.15. The van der Waals surface area contributed by atoms with Crippen LogP contribution in [0.5, 0.6) is 0 Å². The van der Waals surface area contributed by atoms with Gasteiger partial charge in [-0.15, -0.1) is 0 Å². The summed E-state index contributed by atoms with van der Waals surface area (Å²) in [5.41, 5.74) is 8.51. The number of rotatable bonds is 3. The number of anilines is 1. The van der Waals surface area contributed by atoms with Gasteiger partial charge in [0.1, 0.15) is 5.69 Å². The van der Waals surface area contributed by atoms with Gasteiger partial charge in [0.05, 0.1) is 4.88 Å².